The zero-order valence-electron chi connectivity index (χ0n) is 15.5. The van der Waals surface area contributed by atoms with Crippen molar-refractivity contribution in [3.05, 3.63) is 40.6 Å². The highest BCUT2D eigenvalue weighted by Crippen LogP contribution is 2.25. The number of methoxy groups -OCH3 is 1. The molecule has 1 aliphatic rings. The molecule has 5 heteroatoms. The fourth-order valence-corrected chi connectivity index (χ4v) is 3.33. The number of aryl methyl sites for hydroxylation is 3. The molecule has 1 fully saturated rings. The van der Waals surface area contributed by atoms with Crippen LogP contribution in [0.4, 0.5) is 0 Å². The second-order valence-corrected chi connectivity index (χ2v) is 6.74. The van der Waals surface area contributed by atoms with Gasteiger partial charge in [0, 0.05) is 37.9 Å². The molecule has 2 aromatic rings. The molecule has 1 aliphatic heterocycles. The number of ether oxygens (including phenoxy) is 2. The Morgan fingerprint density at radius 2 is 2.16 bits per heavy atom. The first kappa shape index (κ1) is 17.8. The first-order valence-corrected chi connectivity index (χ1v) is 8.78. The smallest absolute Gasteiger partial charge is 0.254 e. The van der Waals surface area contributed by atoms with Gasteiger partial charge in [0.15, 0.2) is 0 Å². The van der Waals surface area contributed by atoms with Crippen molar-refractivity contribution < 1.29 is 14.3 Å². The van der Waals surface area contributed by atoms with E-state index in [0.29, 0.717) is 26.3 Å². The molecule has 1 saturated heterocycles. The van der Waals surface area contributed by atoms with Crippen LogP contribution in [0.15, 0.2) is 18.2 Å². The molecule has 1 aromatic carbocycles. The highest BCUT2D eigenvalue weighted by atomic mass is 16.5. The van der Waals surface area contributed by atoms with Gasteiger partial charge >= 0.3 is 0 Å². The van der Waals surface area contributed by atoms with Gasteiger partial charge in [0.1, 0.15) is 0 Å². The van der Waals surface area contributed by atoms with Crippen molar-refractivity contribution in [2.45, 2.75) is 33.3 Å². The lowest BCUT2D eigenvalue weighted by Crippen LogP contribution is -2.46. The number of morpholine rings is 1. The zero-order chi connectivity index (χ0) is 18.0. The van der Waals surface area contributed by atoms with E-state index in [-0.39, 0.29) is 12.0 Å². The predicted octanol–water partition coefficient (Wildman–Crippen LogP) is 3.04. The van der Waals surface area contributed by atoms with Crippen LogP contribution < -0.4 is 0 Å². The average Bonchev–Trinajstić information content (AvgIpc) is 2.62. The van der Waals surface area contributed by atoms with Crippen molar-refractivity contribution in [3.63, 3.8) is 0 Å². The minimum atomic E-state index is 0.0378. The van der Waals surface area contributed by atoms with Gasteiger partial charge in [-0.3, -0.25) is 9.78 Å². The lowest BCUT2D eigenvalue weighted by Gasteiger charge is -2.33. The number of carbonyl (C=O) groups is 1. The summed E-state index contributed by atoms with van der Waals surface area (Å²) in [6.45, 7) is 8.52. The zero-order valence-corrected chi connectivity index (χ0v) is 15.5. The molecule has 0 radical (unpaired) electrons. The largest absolute Gasteiger partial charge is 0.385 e. The van der Waals surface area contributed by atoms with Gasteiger partial charge in [-0.15, -0.1) is 0 Å². The number of rotatable bonds is 4. The van der Waals surface area contributed by atoms with Crippen LogP contribution >= 0.6 is 0 Å². The quantitative estimate of drug-likeness (QED) is 0.857. The minimum absolute atomic E-state index is 0.0378. The number of carbonyl (C=O) groups excluding carboxylic acids is 1. The Hall–Kier alpha value is -1.98. The summed E-state index contributed by atoms with van der Waals surface area (Å²) in [5.41, 5.74) is 4.85. The Labute approximate surface area is 148 Å². The maximum absolute atomic E-state index is 13.2. The SMILES string of the molecule is COCCC1CN(C(=O)c2cc(C)nc3c(C)c(C)ccc23)CCO1. The van der Waals surface area contributed by atoms with E-state index in [1.165, 1.54) is 5.56 Å². The van der Waals surface area contributed by atoms with E-state index in [2.05, 4.69) is 24.9 Å². The number of benzene rings is 1. The number of amides is 1. The third kappa shape index (κ3) is 3.67. The number of hydrogen-bond donors (Lipinski definition) is 0. The molecule has 1 amide bonds. The number of nitrogens with zero attached hydrogens (tertiary/aromatic N) is 2. The fourth-order valence-electron chi connectivity index (χ4n) is 3.33. The summed E-state index contributed by atoms with van der Waals surface area (Å²) in [4.78, 5) is 19.8. The van der Waals surface area contributed by atoms with E-state index in [0.717, 1.165) is 34.1 Å². The Morgan fingerprint density at radius 1 is 1.36 bits per heavy atom. The first-order chi connectivity index (χ1) is 12.0. The van der Waals surface area contributed by atoms with Crippen molar-refractivity contribution in [1.82, 2.24) is 9.88 Å². The third-order valence-electron chi connectivity index (χ3n) is 4.93. The Balaban J connectivity index is 1.93. The molecule has 5 nitrogen and oxygen atoms in total. The van der Waals surface area contributed by atoms with Gasteiger partial charge in [0.2, 0.25) is 0 Å². The maximum Gasteiger partial charge on any atom is 0.254 e. The van der Waals surface area contributed by atoms with E-state index in [1.807, 2.05) is 24.0 Å². The molecular formula is C20H26N2O3. The van der Waals surface area contributed by atoms with Crippen LogP contribution in [0.2, 0.25) is 0 Å². The van der Waals surface area contributed by atoms with Gasteiger partial charge in [-0.2, -0.15) is 0 Å². The summed E-state index contributed by atoms with van der Waals surface area (Å²) in [6, 6.07) is 5.98. The van der Waals surface area contributed by atoms with Crippen LogP contribution in [0.1, 0.15) is 33.6 Å². The molecule has 0 aliphatic carbocycles. The van der Waals surface area contributed by atoms with E-state index >= 15 is 0 Å². The van der Waals surface area contributed by atoms with Crippen molar-refractivity contribution in [2.24, 2.45) is 0 Å². The molecule has 3 rings (SSSR count). The van der Waals surface area contributed by atoms with Crippen LogP contribution in [-0.4, -0.2) is 55.3 Å². The summed E-state index contributed by atoms with van der Waals surface area (Å²) in [6.07, 6.45) is 0.838. The predicted molar refractivity (Wildman–Crippen MR) is 98.1 cm³/mol. The molecule has 1 atom stereocenters. The molecular weight excluding hydrogens is 316 g/mol. The molecule has 0 spiro atoms. The van der Waals surface area contributed by atoms with Gasteiger partial charge < -0.3 is 14.4 Å². The number of pyridine rings is 1. The number of fused-ring (bicyclic) bond motifs is 1. The third-order valence-corrected chi connectivity index (χ3v) is 4.93. The second-order valence-electron chi connectivity index (χ2n) is 6.74. The van der Waals surface area contributed by atoms with Crippen molar-refractivity contribution >= 4 is 16.8 Å². The normalized spacial score (nSPS) is 17.9. The number of hydrogen-bond acceptors (Lipinski definition) is 4. The lowest BCUT2D eigenvalue weighted by molar-refractivity contribution is -0.0332. The molecule has 1 unspecified atom stereocenters. The molecule has 0 bridgehead atoms. The first-order valence-electron chi connectivity index (χ1n) is 8.78. The van der Waals surface area contributed by atoms with E-state index in [4.69, 9.17) is 9.47 Å². The average molecular weight is 342 g/mol. The standard InChI is InChI=1S/C20H26N2O3/c1-13-5-6-17-18(11-14(2)21-19(17)15(13)3)20(23)22-8-10-25-16(12-22)7-9-24-4/h5-6,11,16H,7-10,12H2,1-4H3. The Morgan fingerprint density at radius 3 is 2.92 bits per heavy atom. The second kappa shape index (κ2) is 7.50. The van der Waals surface area contributed by atoms with Crippen LogP contribution in [0.25, 0.3) is 10.9 Å². The van der Waals surface area contributed by atoms with E-state index in [1.54, 1.807) is 7.11 Å². The van der Waals surface area contributed by atoms with Gasteiger partial charge in [-0.1, -0.05) is 12.1 Å². The fraction of sp³-hybridized carbons (Fsp3) is 0.500. The summed E-state index contributed by atoms with van der Waals surface area (Å²) < 4.78 is 10.9. The van der Waals surface area contributed by atoms with Crippen LogP contribution in [0, 0.1) is 20.8 Å². The monoisotopic (exact) mass is 342 g/mol. The summed E-state index contributed by atoms with van der Waals surface area (Å²) in [7, 11) is 1.68. The Kier molecular flexibility index (Phi) is 5.35. The maximum atomic E-state index is 13.2. The summed E-state index contributed by atoms with van der Waals surface area (Å²) in [5, 5.41) is 0.929. The van der Waals surface area contributed by atoms with Crippen molar-refractivity contribution in [3.8, 4) is 0 Å². The summed E-state index contributed by atoms with van der Waals surface area (Å²) >= 11 is 0. The minimum Gasteiger partial charge on any atom is -0.385 e. The number of aromatic nitrogens is 1. The van der Waals surface area contributed by atoms with Gasteiger partial charge in [0.05, 0.1) is 23.8 Å². The van der Waals surface area contributed by atoms with Crippen molar-refractivity contribution in [2.75, 3.05) is 33.4 Å². The lowest BCUT2D eigenvalue weighted by atomic mass is 10.00. The van der Waals surface area contributed by atoms with E-state index in [9.17, 15) is 4.79 Å². The molecule has 25 heavy (non-hydrogen) atoms. The highest BCUT2D eigenvalue weighted by molar-refractivity contribution is 6.07. The van der Waals surface area contributed by atoms with E-state index < -0.39 is 0 Å². The van der Waals surface area contributed by atoms with Gasteiger partial charge in [-0.05, 0) is 44.4 Å². The molecule has 0 saturated carbocycles. The van der Waals surface area contributed by atoms with Crippen LogP contribution in [0.5, 0.6) is 0 Å². The molecule has 2 heterocycles. The van der Waals surface area contributed by atoms with Crippen LogP contribution in [0.3, 0.4) is 0 Å². The van der Waals surface area contributed by atoms with Gasteiger partial charge in [0.25, 0.3) is 5.91 Å². The van der Waals surface area contributed by atoms with Crippen LogP contribution in [-0.2, 0) is 9.47 Å². The molecule has 1 aromatic heterocycles. The molecule has 134 valence electrons. The summed E-state index contributed by atoms with van der Waals surface area (Å²) in [5.74, 6) is 0.0597. The van der Waals surface area contributed by atoms with Gasteiger partial charge in [-0.25, -0.2) is 0 Å². The van der Waals surface area contributed by atoms with Crippen molar-refractivity contribution in [1.29, 1.82) is 0 Å². The molecule has 0 N–H and O–H groups in total. The highest BCUT2D eigenvalue weighted by Gasteiger charge is 2.26. The topological polar surface area (TPSA) is 51.7 Å². The Bertz CT molecular complexity index is 788.